The van der Waals surface area contributed by atoms with Crippen molar-refractivity contribution in [3.8, 4) is 0 Å². The Morgan fingerprint density at radius 1 is 1.50 bits per heavy atom. The number of aliphatic carboxylic acids is 1. The van der Waals surface area contributed by atoms with Gasteiger partial charge in [0, 0.05) is 6.61 Å². The maximum Gasteiger partial charge on any atom is 0.324 e. The molecule has 16 heavy (non-hydrogen) atoms. The average molecular weight is 251 g/mol. The fraction of sp³-hybridized carbons (Fsp3) is 0.889. The highest BCUT2D eigenvalue weighted by Gasteiger charge is 2.47. The van der Waals surface area contributed by atoms with Gasteiger partial charge in [-0.15, -0.1) is 0 Å². The summed E-state index contributed by atoms with van der Waals surface area (Å²) in [5.74, 6) is -1.30. The minimum Gasteiger partial charge on any atom is -0.480 e. The highest BCUT2D eigenvalue weighted by Crippen LogP contribution is 2.32. The number of carbonyl (C=O) groups is 1. The van der Waals surface area contributed by atoms with Crippen LogP contribution in [-0.2, 0) is 19.6 Å². The lowest BCUT2D eigenvalue weighted by atomic mass is 9.78. The molecule has 0 saturated heterocycles. The first-order chi connectivity index (χ1) is 7.42. The standard InChI is InChI=1S/C9H17NO5S/c1-2-15-6-7-16(13,14)10-9(8(11)12)4-3-5-9/h10H,2-7H2,1H3,(H,11,12). The third-order valence-electron chi connectivity index (χ3n) is 2.67. The van der Waals surface area contributed by atoms with Crippen LogP contribution in [0, 0.1) is 0 Å². The van der Waals surface area contributed by atoms with E-state index in [0.717, 1.165) is 6.42 Å². The van der Waals surface area contributed by atoms with E-state index in [-0.39, 0.29) is 12.4 Å². The summed E-state index contributed by atoms with van der Waals surface area (Å²) in [4.78, 5) is 11.0. The molecule has 0 amide bonds. The molecule has 0 unspecified atom stereocenters. The van der Waals surface area contributed by atoms with E-state index in [2.05, 4.69) is 4.72 Å². The lowest BCUT2D eigenvalue weighted by molar-refractivity contribution is -0.147. The maximum atomic E-state index is 11.6. The second kappa shape index (κ2) is 5.11. The summed E-state index contributed by atoms with van der Waals surface area (Å²) >= 11 is 0. The third-order valence-corrected chi connectivity index (χ3v) is 4.07. The monoisotopic (exact) mass is 251 g/mol. The molecule has 0 bridgehead atoms. The Kier molecular flexibility index (Phi) is 4.28. The van der Waals surface area contributed by atoms with Crippen molar-refractivity contribution >= 4 is 16.0 Å². The van der Waals surface area contributed by atoms with Gasteiger partial charge in [0.2, 0.25) is 10.0 Å². The number of hydrogen-bond donors (Lipinski definition) is 2. The fourth-order valence-electron chi connectivity index (χ4n) is 1.55. The minimum atomic E-state index is -3.57. The molecule has 0 spiro atoms. The molecule has 2 N–H and O–H groups in total. The molecular formula is C9H17NO5S. The van der Waals surface area contributed by atoms with Gasteiger partial charge in [-0.1, -0.05) is 0 Å². The SMILES string of the molecule is CCOCCS(=O)(=O)NC1(C(=O)O)CCC1. The Bertz CT molecular complexity index is 347. The van der Waals surface area contributed by atoms with E-state index in [1.807, 2.05) is 0 Å². The molecule has 0 aliphatic heterocycles. The minimum absolute atomic E-state index is 0.0849. The number of carboxylic acids is 1. The van der Waals surface area contributed by atoms with Gasteiger partial charge in [0.05, 0.1) is 12.4 Å². The summed E-state index contributed by atoms with van der Waals surface area (Å²) in [6.07, 6.45) is 1.45. The smallest absolute Gasteiger partial charge is 0.324 e. The van der Waals surface area contributed by atoms with Gasteiger partial charge >= 0.3 is 5.97 Å². The van der Waals surface area contributed by atoms with Crippen LogP contribution >= 0.6 is 0 Å². The molecule has 6 nitrogen and oxygen atoms in total. The van der Waals surface area contributed by atoms with Crippen LogP contribution in [-0.4, -0.2) is 44.0 Å². The predicted octanol–water partition coefficient (Wildman–Crippen LogP) is -0.0504. The van der Waals surface area contributed by atoms with Crippen LogP contribution in [0.15, 0.2) is 0 Å². The van der Waals surface area contributed by atoms with E-state index < -0.39 is 21.5 Å². The van der Waals surface area contributed by atoms with Gasteiger partial charge in [0.1, 0.15) is 5.54 Å². The van der Waals surface area contributed by atoms with Gasteiger partial charge in [-0.05, 0) is 26.2 Å². The Morgan fingerprint density at radius 2 is 2.12 bits per heavy atom. The molecule has 7 heteroatoms. The molecule has 1 rings (SSSR count). The van der Waals surface area contributed by atoms with Gasteiger partial charge in [-0.25, -0.2) is 8.42 Å². The highest BCUT2D eigenvalue weighted by atomic mass is 32.2. The van der Waals surface area contributed by atoms with Crippen LogP contribution in [0.5, 0.6) is 0 Å². The molecule has 0 aromatic carbocycles. The number of ether oxygens (including phenoxy) is 1. The van der Waals surface area contributed by atoms with Crippen molar-refractivity contribution < 1.29 is 23.1 Å². The molecular weight excluding hydrogens is 234 g/mol. The van der Waals surface area contributed by atoms with Crippen LogP contribution in [0.3, 0.4) is 0 Å². The fourth-order valence-corrected chi connectivity index (χ4v) is 2.88. The number of rotatable bonds is 7. The topological polar surface area (TPSA) is 92.7 Å². The zero-order valence-electron chi connectivity index (χ0n) is 9.23. The normalized spacial score (nSPS) is 19.1. The number of sulfonamides is 1. The summed E-state index contributed by atoms with van der Waals surface area (Å²) in [7, 11) is -3.57. The van der Waals surface area contributed by atoms with Crippen LogP contribution in [0.25, 0.3) is 0 Å². The summed E-state index contributed by atoms with van der Waals surface area (Å²) < 4.78 is 30.3. The molecule has 1 saturated carbocycles. The molecule has 0 aromatic heterocycles. The Hall–Kier alpha value is -0.660. The first-order valence-corrected chi connectivity index (χ1v) is 6.90. The summed E-state index contributed by atoms with van der Waals surface area (Å²) in [6, 6.07) is 0. The van der Waals surface area contributed by atoms with Crippen molar-refractivity contribution in [2.45, 2.75) is 31.7 Å². The number of carboxylic acid groups (broad SMARTS) is 1. The number of hydrogen-bond acceptors (Lipinski definition) is 4. The second-order valence-corrected chi connectivity index (χ2v) is 5.70. The molecule has 1 aliphatic rings. The lowest BCUT2D eigenvalue weighted by Crippen LogP contribution is -2.59. The third kappa shape index (κ3) is 3.16. The van der Waals surface area contributed by atoms with Crippen molar-refractivity contribution in [2.24, 2.45) is 0 Å². The van der Waals surface area contributed by atoms with Crippen LogP contribution < -0.4 is 4.72 Å². The molecule has 1 fully saturated rings. The second-order valence-electron chi connectivity index (χ2n) is 3.86. The number of nitrogens with one attached hydrogen (secondary N) is 1. The Balaban J connectivity index is 2.54. The highest BCUT2D eigenvalue weighted by molar-refractivity contribution is 7.89. The van der Waals surface area contributed by atoms with Gasteiger partial charge in [0.15, 0.2) is 0 Å². The summed E-state index contributed by atoms with van der Waals surface area (Å²) in [6.45, 7) is 2.30. The molecule has 0 aromatic rings. The molecule has 0 heterocycles. The molecule has 0 radical (unpaired) electrons. The summed E-state index contributed by atoms with van der Waals surface area (Å²) in [5, 5.41) is 8.96. The summed E-state index contributed by atoms with van der Waals surface area (Å²) in [5.41, 5.74) is -1.27. The quantitative estimate of drug-likeness (QED) is 0.619. The van der Waals surface area contributed by atoms with Crippen molar-refractivity contribution in [2.75, 3.05) is 19.0 Å². The van der Waals surface area contributed by atoms with Gasteiger partial charge in [-0.2, -0.15) is 4.72 Å². The first-order valence-electron chi connectivity index (χ1n) is 5.25. The van der Waals surface area contributed by atoms with Crippen molar-refractivity contribution in [3.05, 3.63) is 0 Å². The molecule has 94 valence electrons. The van der Waals surface area contributed by atoms with E-state index in [9.17, 15) is 13.2 Å². The largest absolute Gasteiger partial charge is 0.480 e. The predicted molar refractivity (Wildman–Crippen MR) is 57.6 cm³/mol. The Labute approximate surface area is 95.0 Å². The Morgan fingerprint density at radius 3 is 2.50 bits per heavy atom. The van der Waals surface area contributed by atoms with E-state index >= 15 is 0 Å². The van der Waals surface area contributed by atoms with E-state index in [1.54, 1.807) is 6.92 Å². The van der Waals surface area contributed by atoms with Crippen LogP contribution in [0.4, 0.5) is 0 Å². The average Bonchev–Trinajstić information content (AvgIpc) is 2.11. The molecule has 1 aliphatic carbocycles. The van der Waals surface area contributed by atoms with Gasteiger partial charge < -0.3 is 9.84 Å². The zero-order valence-corrected chi connectivity index (χ0v) is 10.0. The van der Waals surface area contributed by atoms with E-state index in [0.29, 0.717) is 19.4 Å². The van der Waals surface area contributed by atoms with E-state index in [1.165, 1.54) is 0 Å². The van der Waals surface area contributed by atoms with Crippen molar-refractivity contribution in [1.82, 2.24) is 4.72 Å². The van der Waals surface area contributed by atoms with Crippen LogP contribution in [0.1, 0.15) is 26.2 Å². The van der Waals surface area contributed by atoms with Crippen molar-refractivity contribution in [1.29, 1.82) is 0 Å². The lowest BCUT2D eigenvalue weighted by Gasteiger charge is -2.37. The maximum absolute atomic E-state index is 11.6. The molecule has 0 atom stereocenters. The van der Waals surface area contributed by atoms with E-state index in [4.69, 9.17) is 9.84 Å². The van der Waals surface area contributed by atoms with Crippen molar-refractivity contribution in [3.63, 3.8) is 0 Å². The first kappa shape index (κ1) is 13.4. The van der Waals surface area contributed by atoms with Gasteiger partial charge in [0.25, 0.3) is 0 Å². The van der Waals surface area contributed by atoms with Crippen LogP contribution in [0.2, 0.25) is 0 Å². The van der Waals surface area contributed by atoms with Gasteiger partial charge in [-0.3, -0.25) is 4.79 Å². The zero-order chi connectivity index (χ0) is 12.2.